The average Bonchev–Trinajstić information content (AvgIpc) is 2.89. The van der Waals surface area contributed by atoms with E-state index in [0.29, 0.717) is 5.56 Å². The third-order valence-electron chi connectivity index (χ3n) is 4.39. The Balaban J connectivity index is 1.53. The number of carbonyl (C=O) groups is 1. The summed E-state index contributed by atoms with van der Waals surface area (Å²) in [5.74, 6) is 0. The summed E-state index contributed by atoms with van der Waals surface area (Å²) in [5.41, 5.74) is 2.61. The minimum absolute atomic E-state index is 0.0775. The van der Waals surface area contributed by atoms with Gasteiger partial charge >= 0.3 is 6.03 Å². The van der Waals surface area contributed by atoms with Gasteiger partial charge in [0.25, 0.3) is 0 Å². The molecule has 0 saturated carbocycles. The standard InChI is InChI=1S/C20H22N4O/c21-15-17-7-9-19(10-8-17)22-20(25)24-12-4-11-23(13-14-24)16-18-5-2-1-3-6-18/h1-3,5-10H,4,11-14,16H2,(H,22,25). The van der Waals surface area contributed by atoms with E-state index in [0.717, 1.165) is 44.8 Å². The van der Waals surface area contributed by atoms with Crippen LogP contribution in [0.1, 0.15) is 17.5 Å². The number of benzene rings is 2. The molecule has 25 heavy (non-hydrogen) atoms. The van der Waals surface area contributed by atoms with Gasteiger partial charge < -0.3 is 10.2 Å². The lowest BCUT2D eigenvalue weighted by Gasteiger charge is -2.22. The molecule has 2 amide bonds. The molecule has 1 aliphatic rings. The number of rotatable bonds is 3. The number of hydrogen-bond donors (Lipinski definition) is 1. The first-order chi connectivity index (χ1) is 12.2. The number of nitriles is 1. The van der Waals surface area contributed by atoms with Crippen LogP contribution in [-0.2, 0) is 6.54 Å². The fourth-order valence-electron chi connectivity index (χ4n) is 3.00. The highest BCUT2D eigenvalue weighted by Crippen LogP contribution is 2.12. The molecule has 1 N–H and O–H groups in total. The highest BCUT2D eigenvalue weighted by atomic mass is 16.2. The molecule has 5 heteroatoms. The molecule has 0 unspecified atom stereocenters. The molecule has 0 aliphatic carbocycles. The minimum Gasteiger partial charge on any atom is -0.323 e. The van der Waals surface area contributed by atoms with Crippen LogP contribution in [0.15, 0.2) is 54.6 Å². The first kappa shape index (κ1) is 17.0. The molecule has 1 heterocycles. The monoisotopic (exact) mass is 334 g/mol. The van der Waals surface area contributed by atoms with Crippen LogP contribution in [0.3, 0.4) is 0 Å². The van der Waals surface area contributed by atoms with Gasteiger partial charge in [0, 0.05) is 38.4 Å². The topological polar surface area (TPSA) is 59.4 Å². The Morgan fingerprint density at radius 3 is 2.48 bits per heavy atom. The Bertz CT molecular complexity index is 737. The second-order valence-electron chi connectivity index (χ2n) is 6.22. The van der Waals surface area contributed by atoms with Crippen LogP contribution in [0.2, 0.25) is 0 Å². The molecule has 5 nitrogen and oxygen atoms in total. The summed E-state index contributed by atoms with van der Waals surface area (Å²) in [5, 5.41) is 11.7. The van der Waals surface area contributed by atoms with Gasteiger partial charge in [-0.3, -0.25) is 4.90 Å². The van der Waals surface area contributed by atoms with Crippen LogP contribution in [-0.4, -0.2) is 42.0 Å². The van der Waals surface area contributed by atoms with Crippen LogP contribution >= 0.6 is 0 Å². The highest BCUT2D eigenvalue weighted by molar-refractivity contribution is 5.89. The van der Waals surface area contributed by atoms with E-state index in [4.69, 9.17) is 5.26 Å². The molecule has 3 rings (SSSR count). The third kappa shape index (κ3) is 4.82. The molecule has 128 valence electrons. The molecule has 2 aromatic carbocycles. The Morgan fingerprint density at radius 2 is 1.76 bits per heavy atom. The van der Waals surface area contributed by atoms with Crippen molar-refractivity contribution < 1.29 is 4.79 Å². The maximum atomic E-state index is 12.5. The van der Waals surface area contributed by atoms with Gasteiger partial charge in [0.2, 0.25) is 0 Å². The zero-order valence-electron chi connectivity index (χ0n) is 14.2. The number of amides is 2. The van der Waals surface area contributed by atoms with Gasteiger partial charge in [-0.1, -0.05) is 30.3 Å². The molecule has 1 saturated heterocycles. The molecular weight excluding hydrogens is 312 g/mol. The average molecular weight is 334 g/mol. The summed E-state index contributed by atoms with van der Waals surface area (Å²) in [6.45, 7) is 4.26. The first-order valence-corrected chi connectivity index (χ1v) is 8.57. The van der Waals surface area contributed by atoms with Gasteiger partial charge in [-0.05, 0) is 36.2 Å². The number of urea groups is 1. The van der Waals surface area contributed by atoms with E-state index in [2.05, 4.69) is 40.6 Å². The zero-order valence-corrected chi connectivity index (χ0v) is 14.2. The lowest BCUT2D eigenvalue weighted by Crippen LogP contribution is -2.38. The van der Waals surface area contributed by atoms with Crippen molar-refractivity contribution in [2.24, 2.45) is 0 Å². The van der Waals surface area contributed by atoms with Gasteiger partial charge in [0.05, 0.1) is 11.6 Å². The number of carbonyl (C=O) groups excluding carboxylic acids is 1. The van der Waals surface area contributed by atoms with E-state index in [-0.39, 0.29) is 6.03 Å². The highest BCUT2D eigenvalue weighted by Gasteiger charge is 2.19. The first-order valence-electron chi connectivity index (χ1n) is 8.57. The van der Waals surface area contributed by atoms with E-state index in [1.54, 1.807) is 24.3 Å². The maximum absolute atomic E-state index is 12.5. The molecule has 0 bridgehead atoms. The summed E-state index contributed by atoms with van der Waals surface area (Å²) in [6, 6.07) is 19.4. The molecule has 1 aliphatic heterocycles. The molecule has 0 aromatic heterocycles. The maximum Gasteiger partial charge on any atom is 0.321 e. The molecule has 2 aromatic rings. The molecule has 0 spiro atoms. The second kappa shape index (κ2) is 8.32. The van der Waals surface area contributed by atoms with Crippen LogP contribution in [0.25, 0.3) is 0 Å². The summed E-state index contributed by atoms with van der Waals surface area (Å²) >= 11 is 0. The number of anilines is 1. The van der Waals surface area contributed by atoms with Crippen molar-refractivity contribution in [1.82, 2.24) is 9.80 Å². The van der Waals surface area contributed by atoms with Crippen LogP contribution in [0.5, 0.6) is 0 Å². The summed E-state index contributed by atoms with van der Waals surface area (Å²) in [4.78, 5) is 16.7. The normalized spacial score (nSPS) is 15.2. The fraction of sp³-hybridized carbons (Fsp3) is 0.300. The lowest BCUT2D eigenvalue weighted by molar-refractivity contribution is 0.211. The molecule has 0 radical (unpaired) electrons. The third-order valence-corrected chi connectivity index (χ3v) is 4.39. The van der Waals surface area contributed by atoms with Gasteiger partial charge in [-0.2, -0.15) is 5.26 Å². The molecule has 1 fully saturated rings. The van der Waals surface area contributed by atoms with E-state index in [1.807, 2.05) is 11.0 Å². The minimum atomic E-state index is -0.0775. The Hall–Kier alpha value is -2.84. The van der Waals surface area contributed by atoms with Crippen molar-refractivity contribution in [1.29, 1.82) is 5.26 Å². The molecular formula is C20H22N4O. The predicted octanol–water partition coefficient (Wildman–Crippen LogP) is 3.30. The SMILES string of the molecule is N#Cc1ccc(NC(=O)N2CCCN(Cc3ccccc3)CC2)cc1. The van der Waals surface area contributed by atoms with Crippen LogP contribution in [0, 0.1) is 11.3 Å². The lowest BCUT2D eigenvalue weighted by atomic mass is 10.2. The van der Waals surface area contributed by atoms with Gasteiger partial charge in [-0.25, -0.2) is 4.79 Å². The zero-order chi connectivity index (χ0) is 17.5. The van der Waals surface area contributed by atoms with E-state index in [9.17, 15) is 4.79 Å². The van der Waals surface area contributed by atoms with Crippen molar-refractivity contribution in [2.75, 3.05) is 31.5 Å². The van der Waals surface area contributed by atoms with Gasteiger partial charge in [-0.15, -0.1) is 0 Å². The van der Waals surface area contributed by atoms with Crippen molar-refractivity contribution in [3.63, 3.8) is 0 Å². The van der Waals surface area contributed by atoms with Crippen molar-refractivity contribution in [3.05, 3.63) is 65.7 Å². The quantitative estimate of drug-likeness (QED) is 0.937. The van der Waals surface area contributed by atoms with Crippen LogP contribution in [0.4, 0.5) is 10.5 Å². The van der Waals surface area contributed by atoms with Crippen molar-refractivity contribution in [2.45, 2.75) is 13.0 Å². The molecule has 0 atom stereocenters. The Labute approximate surface area is 148 Å². The predicted molar refractivity (Wildman–Crippen MR) is 98.1 cm³/mol. The van der Waals surface area contributed by atoms with Gasteiger partial charge in [0.1, 0.15) is 0 Å². The van der Waals surface area contributed by atoms with Crippen LogP contribution < -0.4 is 5.32 Å². The Kier molecular flexibility index (Phi) is 5.65. The second-order valence-corrected chi connectivity index (χ2v) is 6.22. The summed E-state index contributed by atoms with van der Waals surface area (Å²) < 4.78 is 0. The summed E-state index contributed by atoms with van der Waals surface area (Å²) in [6.07, 6.45) is 0.966. The smallest absolute Gasteiger partial charge is 0.321 e. The van der Waals surface area contributed by atoms with E-state index < -0.39 is 0 Å². The Morgan fingerprint density at radius 1 is 1.00 bits per heavy atom. The van der Waals surface area contributed by atoms with Crippen molar-refractivity contribution in [3.8, 4) is 6.07 Å². The fourth-order valence-corrected chi connectivity index (χ4v) is 3.00. The van der Waals surface area contributed by atoms with E-state index >= 15 is 0 Å². The van der Waals surface area contributed by atoms with Crippen molar-refractivity contribution >= 4 is 11.7 Å². The number of nitrogens with zero attached hydrogens (tertiary/aromatic N) is 3. The summed E-state index contributed by atoms with van der Waals surface area (Å²) in [7, 11) is 0. The van der Waals surface area contributed by atoms with E-state index in [1.165, 1.54) is 5.56 Å². The van der Waals surface area contributed by atoms with Gasteiger partial charge in [0.15, 0.2) is 0 Å². The number of nitrogens with one attached hydrogen (secondary N) is 1. The largest absolute Gasteiger partial charge is 0.323 e. The number of hydrogen-bond acceptors (Lipinski definition) is 3.